The van der Waals surface area contributed by atoms with Gasteiger partial charge in [0.15, 0.2) is 0 Å². The lowest BCUT2D eigenvalue weighted by molar-refractivity contribution is 0.333. The number of thiocarbonyl (C=S) groups is 1. The highest BCUT2D eigenvalue weighted by molar-refractivity contribution is 7.98. The van der Waals surface area contributed by atoms with E-state index in [1.54, 1.807) is 11.8 Å². The lowest BCUT2D eigenvalue weighted by Gasteiger charge is -2.14. The number of nitrogens with two attached hydrogens (primary N) is 1. The minimum absolute atomic E-state index is 0.409. The fraction of sp³-hybridized carbons (Fsp3) is 0.188. The smallest absolute Gasteiger partial charge is 0.119 e. The number of anilines is 1. The zero-order chi connectivity index (χ0) is 15.1. The van der Waals surface area contributed by atoms with E-state index >= 15 is 0 Å². The topological polar surface area (TPSA) is 47.3 Å². The van der Waals surface area contributed by atoms with Crippen LogP contribution >= 0.6 is 24.0 Å². The Bertz CT molecular complexity index is 602. The molecule has 0 aliphatic carbocycles. The van der Waals surface area contributed by atoms with Crippen molar-refractivity contribution in [2.75, 3.05) is 24.7 Å². The number of hydrogen-bond donors (Lipinski definition) is 2. The van der Waals surface area contributed by atoms with Crippen molar-refractivity contribution in [3.63, 3.8) is 0 Å². The van der Waals surface area contributed by atoms with Crippen molar-refractivity contribution in [2.45, 2.75) is 4.90 Å². The predicted octanol–water partition coefficient (Wildman–Crippen LogP) is 3.53. The Morgan fingerprint density at radius 3 is 2.62 bits per heavy atom. The molecule has 21 heavy (non-hydrogen) atoms. The number of para-hydroxylation sites is 1. The van der Waals surface area contributed by atoms with Crippen LogP contribution in [0.25, 0.3) is 0 Å². The second-order valence-electron chi connectivity index (χ2n) is 4.34. The highest BCUT2D eigenvalue weighted by atomic mass is 32.2. The first kappa shape index (κ1) is 15.7. The summed E-state index contributed by atoms with van der Waals surface area (Å²) in [5.74, 6) is 0.867. The first-order valence-corrected chi connectivity index (χ1v) is 8.24. The summed E-state index contributed by atoms with van der Waals surface area (Å²) >= 11 is 6.79. The Kier molecular flexibility index (Phi) is 5.90. The van der Waals surface area contributed by atoms with Crippen molar-refractivity contribution in [1.29, 1.82) is 0 Å². The van der Waals surface area contributed by atoms with Gasteiger partial charge in [0.2, 0.25) is 0 Å². The van der Waals surface area contributed by atoms with E-state index < -0.39 is 0 Å². The van der Waals surface area contributed by atoms with Gasteiger partial charge in [0.05, 0.1) is 0 Å². The third kappa shape index (κ3) is 4.37. The van der Waals surface area contributed by atoms with Crippen LogP contribution in [0.2, 0.25) is 0 Å². The number of thioether (sulfide) groups is 1. The van der Waals surface area contributed by atoms with E-state index in [4.69, 9.17) is 22.7 Å². The van der Waals surface area contributed by atoms with Gasteiger partial charge in [-0.2, -0.15) is 0 Å². The van der Waals surface area contributed by atoms with Gasteiger partial charge in [0, 0.05) is 22.7 Å². The molecule has 0 unspecified atom stereocenters. The minimum Gasteiger partial charge on any atom is -0.492 e. The van der Waals surface area contributed by atoms with Crippen LogP contribution in [0.3, 0.4) is 0 Å². The molecule has 2 rings (SSSR count). The van der Waals surface area contributed by atoms with Gasteiger partial charge in [-0.3, -0.25) is 0 Å². The molecule has 3 nitrogen and oxygen atoms in total. The number of nitrogens with one attached hydrogen (secondary N) is 1. The van der Waals surface area contributed by atoms with Crippen LogP contribution in [0.15, 0.2) is 53.4 Å². The second-order valence-corrected chi connectivity index (χ2v) is 5.62. The zero-order valence-corrected chi connectivity index (χ0v) is 13.5. The molecule has 2 aromatic rings. The van der Waals surface area contributed by atoms with E-state index in [9.17, 15) is 0 Å². The molecular formula is C16H18N2OS2. The molecule has 0 spiro atoms. The van der Waals surface area contributed by atoms with Crippen LogP contribution in [-0.4, -0.2) is 24.4 Å². The third-order valence-electron chi connectivity index (χ3n) is 2.92. The molecule has 0 fully saturated rings. The summed E-state index contributed by atoms with van der Waals surface area (Å²) in [4.78, 5) is 1.49. The predicted molar refractivity (Wildman–Crippen MR) is 94.5 cm³/mol. The fourth-order valence-electron chi connectivity index (χ4n) is 1.97. The Morgan fingerprint density at radius 2 is 1.95 bits per heavy atom. The van der Waals surface area contributed by atoms with Crippen LogP contribution in [-0.2, 0) is 0 Å². The SMILES string of the molecule is CSc1cccc(NCCOc2ccccc2)c1C(N)=S. The van der Waals surface area contributed by atoms with Gasteiger partial charge in [0.1, 0.15) is 17.3 Å². The molecule has 0 saturated carbocycles. The second kappa shape index (κ2) is 7.90. The summed E-state index contributed by atoms with van der Waals surface area (Å²) in [5.41, 5.74) is 7.69. The van der Waals surface area contributed by atoms with Crippen LogP contribution in [0.4, 0.5) is 5.69 Å². The van der Waals surface area contributed by atoms with E-state index in [2.05, 4.69) is 5.32 Å². The minimum atomic E-state index is 0.409. The molecule has 0 aliphatic rings. The van der Waals surface area contributed by atoms with Crippen LogP contribution in [0, 0.1) is 0 Å². The van der Waals surface area contributed by atoms with Gasteiger partial charge in [0.25, 0.3) is 0 Å². The number of benzene rings is 2. The maximum Gasteiger partial charge on any atom is 0.119 e. The first-order valence-electron chi connectivity index (χ1n) is 6.61. The molecule has 0 radical (unpaired) electrons. The molecule has 2 aromatic carbocycles. The van der Waals surface area contributed by atoms with Crippen LogP contribution in [0.5, 0.6) is 5.75 Å². The Morgan fingerprint density at radius 1 is 1.19 bits per heavy atom. The summed E-state index contributed by atoms with van der Waals surface area (Å²) in [7, 11) is 0. The lowest BCUT2D eigenvalue weighted by atomic mass is 10.1. The van der Waals surface area contributed by atoms with Crippen molar-refractivity contribution >= 4 is 34.7 Å². The average Bonchev–Trinajstić information content (AvgIpc) is 2.52. The molecule has 0 bridgehead atoms. The summed E-state index contributed by atoms with van der Waals surface area (Å²) in [6.45, 7) is 1.26. The summed E-state index contributed by atoms with van der Waals surface area (Å²) < 4.78 is 5.65. The van der Waals surface area contributed by atoms with E-state index in [1.807, 2.05) is 54.8 Å². The highest BCUT2D eigenvalue weighted by Crippen LogP contribution is 2.26. The maximum absolute atomic E-state index is 5.83. The van der Waals surface area contributed by atoms with Crippen molar-refractivity contribution in [3.05, 3.63) is 54.1 Å². The van der Waals surface area contributed by atoms with Gasteiger partial charge in [-0.05, 0) is 30.5 Å². The van der Waals surface area contributed by atoms with Gasteiger partial charge >= 0.3 is 0 Å². The monoisotopic (exact) mass is 318 g/mol. The van der Waals surface area contributed by atoms with Crippen molar-refractivity contribution < 1.29 is 4.74 Å². The van der Waals surface area contributed by atoms with Crippen LogP contribution < -0.4 is 15.8 Å². The molecule has 0 aliphatic heterocycles. The molecule has 0 amide bonds. The number of ether oxygens (including phenoxy) is 1. The summed E-state index contributed by atoms with van der Waals surface area (Å²) in [5, 5.41) is 3.33. The lowest BCUT2D eigenvalue weighted by Crippen LogP contribution is -2.17. The Hall–Kier alpha value is -1.72. The molecule has 0 saturated heterocycles. The number of rotatable bonds is 7. The van der Waals surface area contributed by atoms with E-state index in [1.165, 1.54) is 0 Å². The largest absolute Gasteiger partial charge is 0.492 e. The fourth-order valence-corrected chi connectivity index (χ4v) is 2.90. The Labute approximate surface area is 134 Å². The molecule has 110 valence electrons. The van der Waals surface area contributed by atoms with Crippen molar-refractivity contribution in [1.82, 2.24) is 0 Å². The van der Waals surface area contributed by atoms with E-state index in [-0.39, 0.29) is 0 Å². The van der Waals surface area contributed by atoms with Crippen molar-refractivity contribution in [2.24, 2.45) is 5.73 Å². The summed E-state index contributed by atoms with van der Waals surface area (Å²) in [6, 6.07) is 15.7. The first-order chi connectivity index (χ1) is 10.2. The summed E-state index contributed by atoms with van der Waals surface area (Å²) in [6.07, 6.45) is 2.01. The molecule has 3 N–H and O–H groups in total. The maximum atomic E-state index is 5.83. The molecule has 5 heteroatoms. The van der Waals surface area contributed by atoms with Gasteiger partial charge < -0.3 is 15.8 Å². The van der Waals surface area contributed by atoms with E-state index in [0.29, 0.717) is 18.1 Å². The molecule has 0 heterocycles. The molecule has 0 atom stereocenters. The third-order valence-corrected chi connectivity index (χ3v) is 3.91. The quantitative estimate of drug-likeness (QED) is 0.464. The normalized spacial score (nSPS) is 10.1. The Balaban J connectivity index is 1.95. The highest BCUT2D eigenvalue weighted by Gasteiger charge is 2.10. The van der Waals surface area contributed by atoms with Crippen molar-refractivity contribution in [3.8, 4) is 5.75 Å². The van der Waals surface area contributed by atoms with Gasteiger partial charge in [-0.15, -0.1) is 11.8 Å². The number of hydrogen-bond acceptors (Lipinski definition) is 4. The molecule has 0 aromatic heterocycles. The van der Waals surface area contributed by atoms with Crippen LogP contribution in [0.1, 0.15) is 5.56 Å². The van der Waals surface area contributed by atoms with Gasteiger partial charge in [-0.1, -0.05) is 36.5 Å². The average molecular weight is 318 g/mol. The van der Waals surface area contributed by atoms with Gasteiger partial charge in [-0.25, -0.2) is 0 Å². The standard InChI is InChI=1S/C16H18N2OS2/c1-21-14-9-5-8-13(15(14)16(17)20)18-10-11-19-12-6-3-2-4-7-12/h2-9,18H,10-11H2,1H3,(H2,17,20). The molecular weight excluding hydrogens is 300 g/mol. The van der Waals surface area contributed by atoms with E-state index in [0.717, 1.165) is 21.9 Å². The zero-order valence-electron chi connectivity index (χ0n) is 11.8.